The van der Waals surface area contributed by atoms with Crippen LogP contribution in [0.3, 0.4) is 0 Å². The zero-order valence-electron chi connectivity index (χ0n) is 11.7. The van der Waals surface area contributed by atoms with E-state index in [-0.39, 0.29) is 17.5 Å². The molecule has 1 amide bonds. The molecule has 0 aliphatic heterocycles. The SMILES string of the molecule is CC(C)(C)C(N)CC(=O)Nc1ccccc1C(F)(F)F. The van der Waals surface area contributed by atoms with Crippen molar-refractivity contribution in [2.75, 3.05) is 5.32 Å². The Bertz CT molecular complexity index is 478. The molecular formula is C14H19F3N2O. The van der Waals surface area contributed by atoms with Crippen molar-refractivity contribution in [3.05, 3.63) is 29.8 Å². The van der Waals surface area contributed by atoms with Crippen LogP contribution in [-0.4, -0.2) is 11.9 Å². The number of benzene rings is 1. The summed E-state index contributed by atoms with van der Waals surface area (Å²) in [6.45, 7) is 5.61. The number of hydrogen-bond donors (Lipinski definition) is 2. The normalized spacial score (nSPS) is 13.9. The van der Waals surface area contributed by atoms with Gasteiger partial charge in [0.2, 0.25) is 5.91 Å². The van der Waals surface area contributed by atoms with E-state index in [4.69, 9.17) is 5.73 Å². The summed E-state index contributed by atoms with van der Waals surface area (Å²) >= 11 is 0. The number of rotatable bonds is 3. The summed E-state index contributed by atoms with van der Waals surface area (Å²) in [5.74, 6) is -0.524. The third-order valence-corrected chi connectivity index (χ3v) is 3.02. The van der Waals surface area contributed by atoms with Crippen LogP contribution in [0.25, 0.3) is 0 Å². The number of hydrogen-bond acceptors (Lipinski definition) is 2. The molecule has 0 heterocycles. The number of nitrogens with one attached hydrogen (secondary N) is 1. The summed E-state index contributed by atoms with van der Waals surface area (Å²) < 4.78 is 38.3. The van der Waals surface area contributed by atoms with Crippen LogP contribution in [-0.2, 0) is 11.0 Å². The fraction of sp³-hybridized carbons (Fsp3) is 0.500. The van der Waals surface area contributed by atoms with Crippen molar-refractivity contribution in [2.45, 2.75) is 39.4 Å². The molecule has 1 atom stereocenters. The third-order valence-electron chi connectivity index (χ3n) is 3.02. The summed E-state index contributed by atoms with van der Waals surface area (Å²) in [6.07, 6.45) is -4.54. The van der Waals surface area contributed by atoms with Crippen molar-refractivity contribution in [1.29, 1.82) is 0 Å². The molecule has 0 saturated heterocycles. The zero-order chi connectivity index (χ0) is 15.6. The number of alkyl halides is 3. The highest BCUT2D eigenvalue weighted by atomic mass is 19.4. The Labute approximate surface area is 116 Å². The molecule has 112 valence electrons. The second-order valence-corrected chi connectivity index (χ2v) is 5.77. The summed E-state index contributed by atoms with van der Waals surface area (Å²) in [5, 5.41) is 2.28. The van der Waals surface area contributed by atoms with E-state index in [0.717, 1.165) is 6.07 Å². The number of anilines is 1. The summed E-state index contributed by atoms with van der Waals surface area (Å²) in [7, 11) is 0. The van der Waals surface area contributed by atoms with Crippen LogP contribution in [0.15, 0.2) is 24.3 Å². The molecule has 1 unspecified atom stereocenters. The average Bonchev–Trinajstić information content (AvgIpc) is 2.26. The number of carbonyl (C=O) groups excluding carboxylic acids is 1. The van der Waals surface area contributed by atoms with Gasteiger partial charge < -0.3 is 11.1 Å². The molecule has 3 nitrogen and oxygen atoms in total. The van der Waals surface area contributed by atoms with Crippen LogP contribution < -0.4 is 11.1 Å². The second kappa shape index (κ2) is 5.83. The smallest absolute Gasteiger partial charge is 0.327 e. The molecule has 3 N–H and O–H groups in total. The maximum atomic E-state index is 12.8. The van der Waals surface area contributed by atoms with Gasteiger partial charge in [0.1, 0.15) is 0 Å². The molecule has 6 heteroatoms. The van der Waals surface area contributed by atoms with Crippen LogP contribution in [0.2, 0.25) is 0 Å². The van der Waals surface area contributed by atoms with Gasteiger partial charge in [-0.25, -0.2) is 0 Å². The molecule has 0 aliphatic carbocycles. The maximum absolute atomic E-state index is 12.8. The fourth-order valence-electron chi connectivity index (χ4n) is 1.55. The minimum atomic E-state index is -4.50. The highest BCUT2D eigenvalue weighted by molar-refractivity contribution is 5.92. The predicted molar refractivity (Wildman–Crippen MR) is 72.1 cm³/mol. The van der Waals surface area contributed by atoms with E-state index < -0.39 is 23.7 Å². The van der Waals surface area contributed by atoms with Gasteiger partial charge in [-0.1, -0.05) is 32.9 Å². The van der Waals surface area contributed by atoms with E-state index in [2.05, 4.69) is 5.32 Å². The van der Waals surface area contributed by atoms with Crippen LogP contribution in [0.5, 0.6) is 0 Å². The quantitative estimate of drug-likeness (QED) is 0.895. The van der Waals surface area contributed by atoms with Crippen molar-refractivity contribution < 1.29 is 18.0 Å². The molecule has 0 saturated carbocycles. The lowest BCUT2D eigenvalue weighted by molar-refractivity contribution is -0.137. The standard InChI is InChI=1S/C14H19F3N2O/c1-13(2,3)11(18)8-12(20)19-10-7-5-4-6-9(10)14(15,16)17/h4-7,11H,8,18H2,1-3H3,(H,19,20). The molecule has 0 radical (unpaired) electrons. The average molecular weight is 288 g/mol. The summed E-state index contributed by atoms with van der Waals surface area (Å²) in [6, 6.07) is 4.44. The Morgan fingerprint density at radius 1 is 1.25 bits per heavy atom. The first kappa shape index (κ1) is 16.5. The van der Waals surface area contributed by atoms with Gasteiger partial charge in [-0.3, -0.25) is 4.79 Å². The van der Waals surface area contributed by atoms with E-state index in [9.17, 15) is 18.0 Å². The summed E-state index contributed by atoms with van der Waals surface area (Å²) in [4.78, 5) is 11.8. The van der Waals surface area contributed by atoms with Gasteiger partial charge >= 0.3 is 6.18 Å². The van der Waals surface area contributed by atoms with Crippen LogP contribution >= 0.6 is 0 Å². The van der Waals surface area contributed by atoms with Crippen molar-refractivity contribution >= 4 is 11.6 Å². The first-order valence-corrected chi connectivity index (χ1v) is 6.23. The van der Waals surface area contributed by atoms with Crippen LogP contribution in [0, 0.1) is 5.41 Å². The number of halogens is 3. The molecule has 0 aliphatic rings. The fourth-order valence-corrected chi connectivity index (χ4v) is 1.55. The first-order valence-electron chi connectivity index (χ1n) is 6.23. The van der Waals surface area contributed by atoms with E-state index in [1.807, 2.05) is 20.8 Å². The molecular weight excluding hydrogens is 269 g/mol. The third kappa shape index (κ3) is 4.52. The van der Waals surface area contributed by atoms with Gasteiger partial charge in [0.15, 0.2) is 0 Å². The van der Waals surface area contributed by atoms with E-state index >= 15 is 0 Å². The highest BCUT2D eigenvalue weighted by Gasteiger charge is 2.33. The number of carbonyl (C=O) groups is 1. The van der Waals surface area contributed by atoms with Crippen molar-refractivity contribution in [2.24, 2.45) is 11.1 Å². The zero-order valence-corrected chi connectivity index (χ0v) is 11.7. The summed E-state index contributed by atoms with van der Waals surface area (Å²) in [5.41, 5.74) is 4.45. The highest BCUT2D eigenvalue weighted by Crippen LogP contribution is 2.34. The second-order valence-electron chi connectivity index (χ2n) is 5.77. The Morgan fingerprint density at radius 2 is 1.80 bits per heavy atom. The predicted octanol–water partition coefficient (Wildman–Crippen LogP) is 3.41. The number of nitrogens with two attached hydrogens (primary N) is 1. The van der Waals surface area contributed by atoms with Crippen LogP contribution in [0.1, 0.15) is 32.8 Å². The lowest BCUT2D eigenvalue weighted by Crippen LogP contribution is -2.38. The maximum Gasteiger partial charge on any atom is 0.418 e. The molecule has 0 aromatic heterocycles. The molecule has 1 rings (SSSR count). The molecule has 0 spiro atoms. The van der Waals surface area contributed by atoms with Gasteiger partial charge in [0, 0.05) is 12.5 Å². The van der Waals surface area contributed by atoms with E-state index in [0.29, 0.717) is 0 Å². The molecule has 1 aromatic rings. The molecule has 0 fully saturated rings. The van der Waals surface area contributed by atoms with Crippen molar-refractivity contribution in [3.63, 3.8) is 0 Å². The Morgan fingerprint density at radius 3 is 2.30 bits per heavy atom. The molecule has 1 aromatic carbocycles. The van der Waals surface area contributed by atoms with Gasteiger partial charge in [-0.15, -0.1) is 0 Å². The topological polar surface area (TPSA) is 55.1 Å². The lowest BCUT2D eigenvalue weighted by Gasteiger charge is -2.26. The first-order chi connectivity index (χ1) is 9.01. The minimum Gasteiger partial charge on any atom is -0.327 e. The monoisotopic (exact) mass is 288 g/mol. The van der Waals surface area contributed by atoms with Gasteiger partial charge in [0.05, 0.1) is 11.3 Å². The Balaban J connectivity index is 2.82. The van der Waals surface area contributed by atoms with E-state index in [1.54, 1.807) is 0 Å². The largest absolute Gasteiger partial charge is 0.418 e. The molecule has 0 bridgehead atoms. The van der Waals surface area contributed by atoms with Crippen LogP contribution in [0.4, 0.5) is 18.9 Å². The minimum absolute atomic E-state index is 0.0321. The number of amides is 1. The van der Waals surface area contributed by atoms with Gasteiger partial charge in [-0.2, -0.15) is 13.2 Å². The van der Waals surface area contributed by atoms with Crippen molar-refractivity contribution in [3.8, 4) is 0 Å². The number of para-hydroxylation sites is 1. The molecule has 20 heavy (non-hydrogen) atoms. The Hall–Kier alpha value is -1.56. The Kier molecular flexibility index (Phi) is 4.81. The van der Waals surface area contributed by atoms with Crippen molar-refractivity contribution in [1.82, 2.24) is 0 Å². The van der Waals surface area contributed by atoms with Gasteiger partial charge in [0.25, 0.3) is 0 Å². The van der Waals surface area contributed by atoms with E-state index in [1.165, 1.54) is 18.2 Å². The van der Waals surface area contributed by atoms with Gasteiger partial charge in [-0.05, 0) is 17.5 Å². The lowest BCUT2D eigenvalue weighted by atomic mass is 9.85.